The van der Waals surface area contributed by atoms with Gasteiger partial charge in [0.25, 0.3) is 0 Å². The topological polar surface area (TPSA) is 113 Å². The molecule has 1 aromatic heterocycles. The van der Waals surface area contributed by atoms with E-state index in [9.17, 15) is 18.0 Å². The van der Waals surface area contributed by atoms with Crippen LogP contribution in [0.5, 0.6) is 0 Å². The van der Waals surface area contributed by atoms with Crippen molar-refractivity contribution in [2.45, 2.75) is 17.6 Å². The van der Waals surface area contributed by atoms with E-state index in [1.807, 2.05) is 0 Å². The number of amides is 1. The van der Waals surface area contributed by atoms with Crippen molar-refractivity contribution in [3.8, 4) is 0 Å². The second-order valence-corrected chi connectivity index (χ2v) is 6.83. The molecule has 106 valence electrons. The van der Waals surface area contributed by atoms with Gasteiger partial charge in [-0.05, 0) is 12.1 Å². The molecule has 0 unspecified atom stereocenters. The zero-order valence-electron chi connectivity index (χ0n) is 10.2. The van der Waals surface area contributed by atoms with Crippen LogP contribution < -0.4 is 10.0 Å². The van der Waals surface area contributed by atoms with Gasteiger partial charge in [0.15, 0.2) is 0 Å². The molecule has 9 heteroatoms. The second kappa shape index (κ2) is 6.64. The predicted molar refractivity (Wildman–Crippen MR) is 69.5 cm³/mol. The highest BCUT2D eigenvalue weighted by Gasteiger charge is 2.16. The Morgan fingerprint density at radius 2 is 2.00 bits per heavy atom. The Morgan fingerprint density at radius 3 is 2.58 bits per heavy atom. The highest BCUT2D eigenvalue weighted by atomic mass is 32.2. The molecule has 7 nitrogen and oxygen atoms in total. The Hall–Kier alpha value is -1.45. The molecule has 0 aliphatic heterocycles. The third-order valence-corrected chi connectivity index (χ3v) is 5.06. The Balaban J connectivity index is 2.59. The van der Waals surface area contributed by atoms with E-state index in [0.29, 0.717) is 4.88 Å². The number of hydrogen-bond acceptors (Lipinski definition) is 5. The first-order valence-electron chi connectivity index (χ1n) is 5.36. The smallest absolute Gasteiger partial charge is 0.308 e. The second-order valence-electron chi connectivity index (χ2n) is 3.67. The zero-order chi connectivity index (χ0) is 14.5. The summed E-state index contributed by atoms with van der Waals surface area (Å²) in [5, 5.41) is 11.1. The molecular weight excluding hydrogens is 292 g/mol. The molecule has 0 bridgehead atoms. The molecule has 3 N–H and O–H groups in total. The van der Waals surface area contributed by atoms with Crippen LogP contribution in [0.15, 0.2) is 16.3 Å². The van der Waals surface area contributed by atoms with Crippen molar-refractivity contribution in [1.82, 2.24) is 10.0 Å². The van der Waals surface area contributed by atoms with Crippen molar-refractivity contribution >= 4 is 33.2 Å². The summed E-state index contributed by atoms with van der Waals surface area (Å²) in [4.78, 5) is 21.6. The number of aliphatic carboxylic acids is 1. The van der Waals surface area contributed by atoms with Crippen molar-refractivity contribution in [2.75, 3.05) is 13.1 Å². The van der Waals surface area contributed by atoms with E-state index >= 15 is 0 Å². The van der Waals surface area contributed by atoms with Crippen molar-refractivity contribution in [2.24, 2.45) is 0 Å². The lowest BCUT2D eigenvalue weighted by Crippen LogP contribution is -2.33. The van der Waals surface area contributed by atoms with Gasteiger partial charge in [0.2, 0.25) is 15.9 Å². The fourth-order valence-electron chi connectivity index (χ4n) is 1.24. The first-order chi connectivity index (χ1) is 8.81. The van der Waals surface area contributed by atoms with Crippen LogP contribution in [0, 0.1) is 0 Å². The molecule has 0 spiro atoms. The number of rotatable bonds is 7. The Morgan fingerprint density at radius 1 is 1.32 bits per heavy atom. The van der Waals surface area contributed by atoms with E-state index in [1.54, 1.807) is 0 Å². The summed E-state index contributed by atoms with van der Waals surface area (Å²) in [7, 11) is -3.65. The minimum atomic E-state index is -3.65. The minimum Gasteiger partial charge on any atom is -0.481 e. The van der Waals surface area contributed by atoms with E-state index in [-0.39, 0.29) is 29.6 Å². The Bertz CT molecular complexity index is 564. The summed E-state index contributed by atoms with van der Waals surface area (Å²) in [5.74, 6) is -1.25. The van der Waals surface area contributed by atoms with Crippen LogP contribution in [0.4, 0.5) is 0 Å². The number of nitrogens with one attached hydrogen (secondary N) is 2. The maximum absolute atomic E-state index is 11.8. The summed E-state index contributed by atoms with van der Waals surface area (Å²) in [6.45, 7) is 1.61. The molecule has 19 heavy (non-hydrogen) atoms. The van der Waals surface area contributed by atoms with Crippen LogP contribution in [0.25, 0.3) is 0 Å². The van der Waals surface area contributed by atoms with Crippen LogP contribution in [0.2, 0.25) is 0 Å². The molecule has 0 fully saturated rings. The molecule has 0 radical (unpaired) electrons. The van der Waals surface area contributed by atoms with Crippen molar-refractivity contribution in [1.29, 1.82) is 0 Å². The number of carboxylic acid groups (broad SMARTS) is 1. The van der Waals surface area contributed by atoms with E-state index in [0.717, 1.165) is 11.3 Å². The Kier molecular flexibility index (Phi) is 5.45. The van der Waals surface area contributed by atoms with Crippen LogP contribution in [0.1, 0.15) is 11.8 Å². The maximum atomic E-state index is 11.8. The fourth-order valence-corrected chi connectivity index (χ4v) is 3.66. The highest BCUT2D eigenvalue weighted by molar-refractivity contribution is 7.91. The lowest BCUT2D eigenvalue weighted by molar-refractivity contribution is -0.136. The van der Waals surface area contributed by atoms with Crippen LogP contribution in [0.3, 0.4) is 0 Å². The molecule has 1 amide bonds. The van der Waals surface area contributed by atoms with Crippen LogP contribution in [-0.4, -0.2) is 38.5 Å². The molecule has 1 rings (SSSR count). The van der Waals surface area contributed by atoms with Gasteiger partial charge in [-0.15, -0.1) is 11.3 Å². The monoisotopic (exact) mass is 306 g/mol. The van der Waals surface area contributed by atoms with Crippen molar-refractivity contribution in [3.63, 3.8) is 0 Å². The first kappa shape index (κ1) is 15.6. The van der Waals surface area contributed by atoms with Gasteiger partial charge in [-0.25, -0.2) is 13.1 Å². The number of sulfonamides is 1. The average Bonchev–Trinajstić information content (AvgIpc) is 2.72. The summed E-state index contributed by atoms with van der Waals surface area (Å²) >= 11 is 0.914. The van der Waals surface area contributed by atoms with Gasteiger partial charge in [-0.1, -0.05) is 0 Å². The molecule has 1 heterocycles. The largest absolute Gasteiger partial charge is 0.481 e. The standard InChI is InChI=1S/C10H14N2O5S2/c1-7(13)11-4-5-12-19(16,17)10-3-2-8(18-10)6-9(14)15/h2-3,12H,4-6H2,1H3,(H,11,13)(H,14,15). The van der Waals surface area contributed by atoms with Gasteiger partial charge in [0.05, 0.1) is 6.42 Å². The Labute approximate surface area is 114 Å². The third-order valence-electron chi connectivity index (χ3n) is 2.02. The molecule has 0 aliphatic rings. The normalized spacial score (nSPS) is 11.2. The average molecular weight is 306 g/mol. The first-order valence-corrected chi connectivity index (χ1v) is 7.66. The van der Waals surface area contributed by atoms with E-state index < -0.39 is 16.0 Å². The number of hydrogen-bond donors (Lipinski definition) is 3. The lowest BCUT2D eigenvalue weighted by atomic mass is 10.3. The van der Waals surface area contributed by atoms with Gasteiger partial charge in [-0.2, -0.15) is 0 Å². The molecule has 0 atom stereocenters. The quantitative estimate of drug-likeness (QED) is 0.603. The van der Waals surface area contributed by atoms with E-state index in [4.69, 9.17) is 5.11 Å². The maximum Gasteiger partial charge on any atom is 0.308 e. The highest BCUT2D eigenvalue weighted by Crippen LogP contribution is 2.21. The number of carbonyl (C=O) groups is 2. The van der Waals surface area contributed by atoms with E-state index in [2.05, 4.69) is 10.0 Å². The number of carboxylic acids is 1. The SMILES string of the molecule is CC(=O)NCCNS(=O)(=O)c1ccc(CC(=O)O)s1. The predicted octanol–water partition coefficient (Wildman–Crippen LogP) is -0.210. The van der Waals surface area contributed by atoms with Gasteiger partial charge in [0, 0.05) is 24.9 Å². The lowest BCUT2D eigenvalue weighted by Gasteiger charge is -2.04. The number of carbonyl (C=O) groups excluding carboxylic acids is 1. The molecule has 0 saturated carbocycles. The number of thiophene rings is 1. The summed E-state index contributed by atoms with van der Waals surface area (Å²) < 4.78 is 26.0. The minimum absolute atomic E-state index is 0.0616. The molecule has 0 aliphatic carbocycles. The van der Waals surface area contributed by atoms with Crippen LogP contribution in [-0.2, 0) is 26.0 Å². The van der Waals surface area contributed by atoms with Crippen LogP contribution >= 0.6 is 11.3 Å². The third kappa shape index (κ3) is 5.37. The summed E-state index contributed by atoms with van der Waals surface area (Å²) in [5.41, 5.74) is 0. The summed E-state index contributed by atoms with van der Waals surface area (Å²) in [6, 6.07) is 2.84. The molecule has 0 aromatic carbocycles. The van der Waals surface area contributed by atoms with E-state index in [1.165, 1.54) is 19.1 Å². The van der Waals surface area contributed by atoms with Gasteiger partial charge in [-0.3, -0.25) is 9.59 Å². The van der Waals surface area contributed by atoms with Gasteiger partial charge >= 0.3 is 5.97 Å². The van der Waals surface area contributed by atoms with Crippen molar-refractivity contribution in [3.05, 3.63) is 17.0 Å². The summed E-state index contributed by atoms with van der Waals surface area (Å²) in [6.07, 6.45) is -0.202. The zero-order valence-corrected chi connectivity index (χ0v) is 11.8. The van der Waals surface area contributed by atoms with Crippen molar-refractivity contribution < 1.29 is 23.1 Å². The molecule has 1 aromatic rings. The molecule has 0 saturated heterocycles. The van der Waals surface area contributed by atoms with Gasteiger partial charge in [0.1, 0.15) is 4.21 Å². The molecular formula is C10H14N2O5S2. The van der Waals surface area contributed by atoms with Gasteiger partial charge < -0.3 is 10.4 Å². The fraction of sp³-hybridized carbons (Fsp3) is 0.400.